The van der Waals surface area contributed by atoms with Gasteiger partial charge in [-0.05, 0) is 35.3 Å². The van der Waals surface area contributed by atoms with E-state index < -0.39 is 0 Å². The molecule has 16 heavy (non-hydrogen) atoms. The van der Waals surface area contributed by atoms with Gasteiger partial charge in [-0.1, -0.05) is 0 Å². The van der Waals surface area contributed by atoms with Gasteiger partial charge in [0.2, 0.25) is 5.78 Å². The lowest BCUT2D eigenvalue weighted by atomic mass is 9.97. The molecule has 1 fully saturated rings. The Hall–Kier alpha value is -0.940. The number of nitrogens with one attached hydrogen (secondary N) is 1. The van der Waals surface area contributed by atoms with Gasteiger partial charge in [0.15, 0.2) is 0 Å². The number of hydrogen-bond donors (Lipinski definition) is 1. The van der Waals surface area contributed by atoms with Crippen molar-refractivity contribution < 1.29 is 0 Å². The van der Waals surface area contributed by atoms with Gasteiger partial charge in [0.25, 0.3) is 0 Å². The van der Waals surface area contributed by atoms with E-state index in [0.29, 0.717) is 5.92 Å². The predicted octanol–water partition coefficient (Wildman–Crippen LogP) is 1.96. The first kappa shape index (κ1) is 10.2. The van der Waals surface area contributed by atoms with Crippen LogP contribution < -0.4 is 5.32 Å². The van der Waals surface area contributed by atoms with Crippen molar-refractivity contribution in [3.8, 4) is 0 Å². The van der Waals surface area contributed by atoms with Crippen LogP contribution >= 0.6 is 15.9 Å². The van der Waals surface area contributed by atoms with Crippen molar-refractivity contribution in [3.63, 3.8) is 0 Å². The zero-order valence-corrected chi connectivity index (χ0v) is 10.4. The molecule has 1 aliphatic heterocycles. The van der Waals surface area contributed by atoms with Gasteiger partial charge in [-0.15, -0.1) is 0 Å². The van der Waals surface area contributed by atoms with Crippen LogP contribution in [0.25, 0.3) is 5.78 Å². The van der Waals surface area contributed by atoms with Gasteiger partial charge in [0, 0.05) is 31.1 Å². The van der Waals surface area contributed by atoms with Crippen LogP contribution in [0, 0.1) is 0 Å². The standard InChI is InChI=1S/C11H13BrN4/c12-9-5-14-11-15-10(7-16(11)6-9)8-2-1-3-13-4-8/h5-8,13H,1-4H2. The SMILES string of the molecule is Brc1cnc2nc(C3CCCNC3)cn2c1. The molecule has 0 radical (unpaired) electrons. The van der Waals surface area contributed by atoms with Crippen LogP contribution in [0.15, 0.2) is 23.1 Å². The fourth-order valence-corrected chi connectivity index (χ4v) is 2.50. The van der Waals surface area contributed by atoms with E-state index in [0.717, 1.165) is 29.0 Å². The lowest BCUT2D eigenvalue weighted by molar-refractivity contribution is 0.456. The highest BCUT2D eigenvalue weighted by Crippen LogP contribution is 2.22. The Kier molecular flexibility index (Phi) is 2.65. The number of rotatable bonds is 1. The normalized spacial score (nSPS) is 21.4. The molecule has 0 spiro atoms. The molecule has 2 aromatic rings. The van der Waals surface area contributed by atoms with E-state index in [1.807, 2.05) is 10.6 Å². The second-order valence-corrected chi connectivity index (χ2v) is 5.10. The summed E-state index contributed by atoms with van der Waals surface area (Å²) < 4.78 is 2.96. The fourth-order valence-electron chi connectivity index (χ4n) is 2.18. The van der Waals surface area contributed by atoms with Gasteiger partial charge in [0.05, 0.1) is 10.2 Å². The Morgan fingerprint density at radius 2 is 2.38 bits per heavy atom. The number of halogens is 1. The van der Waals surface area contributed by atoms with E-state index >= 15 is 0 Å². The first-order valence-corrected chi connectivity index (χ1v) is 6.33. The molecule has 3 heterocycles. The summed E-state index contributed by atoms with van der Waals surface area (Å²) in [4.78, 5) is 8.85. The van der Waals surface area contributed by atoms with Gasteiger partial charge in [0.1, 0.15) is 0 Å². The molecule has 0 aliphatic carbocycles. The zero-order chi connectivity index (χ0) is 11.0. The van der Waals surface area contributed by atoms with E-state index in [9.17, 15) is 0 Å². The van der Waals surface area contributed by atoms with Crippen molar-refractivity contribution in [2.24, 2.45) is 0 Å². The van der Waals surface area contributed by atoms with Crippen LogP contribution in [0.1, 0.15) is 24.5 Å². The van der Waals surface area contributed by atoms with Crippen molar-refractivity contribution in [2.75, 3.05) is 13.1 Å². The highest BCUT2D eigenvalue weighted by atomic mass is 79.9. The Balaban J connectivity index is 1.97. The Bertz CT molecular complexity index is 502. The molecule has 1 saturated heterocycles. The second-order valence-electron chi connectivity index (χ2n) is 4.19. The summed E-state index contributed by atoms with van der Waals surface area (Å²) in [5.41, 5.74) is 1.15. The fraction of sp³-hybridized carbons (Fsp3) is 0.455. The maximum atomic E-state index is 4.57. The summed E-state index contributed by atoms with van der Waals surface area (Å²) in [6.45, 7) is 2.17. The minimum Gasteiger partial charge on any atom is -0.316 e. The van der Waals surface area contributed by atoms with E-state index in [2.05, 4.69) is 37.4 Å². The quantitative estimate of drug-likeness (QED) is 0.869. The topological polar surface area (TPSA) is 42.2 Å². The smallest absolute Gasteiger partial charge is 0.233 e. The van der Waals surface area contributed by atoms with Crippen LogP contribution in [0.2, 0.25) is 0 Å². The summed E-state index contributed by atoms with van der Waals surface area (Å²) >= 11 is 3.41. The summed E-state index contributed by atoms with van der Waals surface area (Å²) in [5, 5.41) is 3.41. The van der Waals surface area contributed by atoms with Gasteiger partial charge in [-0.25, -0.2) is 9.97 Å². The number of fused-ring (bicyclic) bond motifs is 1. The third kappa shape index (κ3) is 1.85. The second kappa shape index (κ2) is 4.14. The molecule has 1 unspecified atom stereocenters. The lowest BCUT2D eigenvalue weighted by Gasteiger charge is -2.20. The van der Waals surface area contributed by atoms with Gasteiger partial charge < -0.3 is 5.32 Å². The number of piperidine rings is 1. The molecule has 84 valence electrons. The molecular weight excluding hydrogens is 268 g/mol. The van der Waals surface area contributed by atoms with Crippen LogP contribution in [-0.2, 0) is 0 Å². The molecule has 3 rings (SSSR count). The third-order valence-electron chi connectivity index (χ3n) is 3.01. The van der Waals surface area contributed by atoms with E-state index in [-0.39, 0.29) is 0 Å². The predicted molar refractivity (Wildman–Crippen MR) is 65.5 cm³/mol. The molecular formula is C11H13BrN4. The van der Waals surface area contributed by atoms with Crippen LogP contribution in [-0.4, -0.2) is 27.5 Å². The summed E-state index contributed by atoms with van der Waals surface area (Å²) in [6.07, 6.45) is 8.32. The largest absolute Gasteiger partial charge is 0.316 e. The maximum absolute atomic E-state index is 4.57. The average Bonchev–Trinajstić information content (AvgIpc) is 2.73. The lowest BCUT2D eigenvalue weighted by Crippen LogP contribution is -2.28. The van der Waals surface area contributed by atoms with E-state index in [1.165, 1.54) is 12.8 Å². The maximum Gasteiger partial charge on any atom is 0.233 e. The molecule has 0 aromatic carbocycles. The summed E-state index contributed by atoms with van der Waals surface area (Å²) in [6, 6.07) is 0. The first-order chi connectivity index (χ1) is 7.83. The number of aromatic nitrogens is 3. The number of nitrogens with zero attached hydrogens (tertiary/aromatic N) is 3. The van der Waals surface area contributed by atoms with Gasteiger partial charge in [-0.2, -0.15) is 0 Å². The molecule has 1 atom stereocenters. The van der Waals surface area contributed by atoms with Crippen molar-refractivity contribution in [2.45, 2.75) is 18.8 Å². The van der Waals surface area contributed by atoms with Gasteiger partial charge in [-0.3, -0.25) is 4.40 Å². The Morgan fingerprint density at radius 1 is 1.44 bits per heavy atom. The average molecular weight is 281 g/mol. The van der Waals surface area contributed by atoms with Crippen LogP contribution in [0.3, 0.4) is 0 Å². The van der Waals surface area contributed by atoms with Crippen molar-refractivity contribution in [3.05, 3.63) is 28.8 Å². The number of imidazole rings is 1. The molecule has 4 nitrogen and oxygen atoms in total. The van der Waals surface area contributed by atoms with Crippen LogP contribution in [0.4, 0.5) is 0 Å². The first-order valence-electron chi connectivity index (χ1n) is 5.54. The van der Waals surface area contributed by atoms with Crippen molar-refractivity contribution in [1.29, 1.82) is 0 Å². The molecule has 0 saturated carbocycles. The van der Waals surface area contributed by atoms with Crippen molar-refractivity contribution in [1.82, 2.24) is 19.7 Å². The van der Waals surface area contributed by atoms with E-state index in [4.69, 9.17) is 0 Å². The molecule has 1 N–H and O–H groups in total. The highest BCUT2D eigenvalue weighted by Gasteiger charge is 2.18. The summed E-state index contributed by atoms with van der Waals surface area (Å²) in [5.74, 6) is 1.32. The molecule has 2 aromatic heterocycles. The van der Waals surface area contributed by atoms with Crippen LogP contribution in [0.5, 0.6) is 0 Å². The minimum atomic E-state index is 0.536. The van der Waals surface area contributed by atoms with Crippen molar-refractivity contribution >= 4 is 21.7 Å². The number of hydrogen-bond acceptors (Lipinski definition) is 3. The van der Waals surface area contributed by atoms with Gasteiger partial charge >= 0.3 is 0 Å². The monoisotopic (exact) mass is 280 g/mol. The zero-order valence-electron chi connectivity index (χ0n) is 8.86. The molecule has 5 heteroatoms. The van der Waals surface area contributed by atoms with E-state index in [1.54, 1.807) is 6.20 Å². The molecule has 0 amide bonds. The Labute approximate surface area is 102 Å². The third-order valence-corrected chi connectivity index (χ3v) is 3.42. The minimum absolute atomic E-state index is 0.536. The highest BCUT2D eigenvalue weighted by molar-refractivity contribution is 9.10. The molecule has 1 aliphatic rings. The summed E-state index contributed by atoms with van der Waals surface area (Å²) in [7, 11) is 0. The Morgan fingerprint density at radius 3 is 3.19 bits per heavy atom. The molecule has 0 bridgehead atoms.